The van der Waals surface area contributed by atoms with E-state index in [0.717, 1.165) is 19.6 Å². The van der Waals surface area contributed by atoms with Crippen molar-refractivity contribution in [3.63, 3.8) is 0 Å². The largest absolute Gasteiger partial charge is 0.466 e. The molecule has 0 aliphatic carbocycles. The summed E-state index contributed by atoms with van der Waals surface area (Å²) >= 11 is 0. The van der Waals surface area contributed by atoms with Crippen LogP contribution in [0.3, 0.4) is 0 Å². The zero-order chi connectivity index (χ0) is 15.5. The number of hydrogen-bond donors (Lipinski definition) is 2. The number of nitrogens with zero attached hydrogens (tertiary/aromatic N) is 1. The van der Waals surface area contributed by atoms with Gasteiger partial charge in [0.15, 0.2) is 0 Å². The predicted octanol–water partition coefficient (Wildman–Crippen LogP) is -0.634. The molecule has 7 nitrogen and oxygen atoms in total. The molecule has 0 aromatic carbocycles. The highest BCUT2D eigenvalue weighted by Gasteiger charge is 2.21. The molecule has 1 saturated heterocycles. The SMILES string of the molecule is CCOC(=O)CCCNC(=O)CN1CCOC(CNC)C1. The van der Waals surface area contributed by atoms with E-state index in [4.69, 9.17) is 9.47 Å². The van der Waals surface area contributed by atoms with Crippen molar-refractivity contribution in [1.29, 1.82) is 0 Å². The standard InChI is InChI=1S/C14H27N3O4/c1-3-20-14(19)5-4-6-16-13(18)11-17-7-8-21-12(10-17)9-15-2/h12,15H,3-11H2,1-2H3,(H,16,18). The lowest BCUT2D eigenvalue weighted by atomic mass is 10.2. The number of ether oxygens (including phenoxy) is 2. The van der Waals surface area contributed by atoms with Crippen molar-refractivity contribution >= 4 is 11.9 Å². The Morgan fingerprint density at radius 1 is 1.43 bits per heavy atom. The molecule has 0 aromatic rings. The second kappa shape index (κ2) is 10.5. The number of esters is 1. The second-order valence-corrected chi connectivity index (χ2v) is 5.04. The molecule has 1 aliphatic heterocycles. The van der Waals surface area contributed by atoms with Crippen molar-refractivity contribution in [3.05, 3.63) is 0 Å². The van der Waals surface area contributed by atoms with Gasteiger partial charge in [0.1, 0.15) is 0 Å². The van der Waals surface area contributed by atoms with Gasteiger partial charge in [-0.15, -0.1) is 0 Å². The number of carbonyl (C=O) groups is 2. The summed E-state index contributed by atoms with van der Waals surface area (Å²) in [6, 6.07) is 0. The van der Waals surface area contributed by atoms with Crippen molar-refractivity contribution in [2.45, 2.75) is 25.9 Å². The molecular formula is C14H27N3O4. The van der Waals surface area contributed by atoms with E-state index in [9.17, 15) is 9.59 Å². The fourth-order valence-electron chi connectivity index (χ4n) is 2.23. The van der Waals surface area contributed by atoms with Crippen LogP contribution in [0.4, 0.5) is 0 Å². The van der Waals surface area contributed by atoms with E-state index < -0.39 is 0 Å². The number of carbonyl (C=O) groups excluding carboxylic acids is 2. The van der Waals surface area contributed by atoms with Gasteiger partial charge in [0, 0.05) is 32.6 Å². The third kappa shape index (κ3) is 7.99. The second-order valence-electron chi connectivity index (χ2n) is 5.04. The summed E-state index contributed by atoms with van der Waals surface area (Å²) in [5, 5.41) is 5.91. The zero-order valence-electron chi connectivity index (χ0n) is 13.0. The van der Waals surface area contributed by atoms with E-state index in [1.54, 1.807) is 6.92 Å². The van der Waals surface area contributed by atoms with Gasteiger partial charge in [-0.2, -0.15) is 0 Å². The van der Waals surface area contributed by atoms with Crippen LogP contribution in [0.15, 0.2) is 0 Å². The molecule has 0 saturated carbocycles. The fourth-order valence-corrected chi connectivity index (χ4v) is 2.23. The smallest absolute Gasteiger partial charge is 0.305 e. The van der Waals surface area contributed by atoms with Crippen LogP contribution in [0.5, 0.6) is 0 Å². The number of nitrogens with one attached hydrogen (secondary N) is 2. The van der Waals surface area contributed by atoms with Gasteiger partial charge in [-0.25, -0.2) is 0 Å². The Hall–Kier alpha value is -1.18. The van der Waals surface area contributed by atoms with Gasteiger partial charge < -0.3 is 20.1 Å². The van der Waals surface area contributed by atoms with E-state index in [-0.39, 0.29) is 18.0 Å². The van der Waals surface area contributed by atoms with Crippen LogP contribution in [0, 0.1) is 0 Å². The van der Waals surface area contributed by atoms with Crippen LogP contribution in [-0.2, 0) is 19.1 Å². The molecule has 0 bridgehead atoms. The highest BCUT2D eigenvalue weighted by Crippen LogP contribution is 2.03. The lowest BCUT2D eigenvalue weighted by Gasteiger charge is -2.32. The first-order valence-electron chi connectivity index (χ1n) is 7.56. The summed E-state index contributed by atoms with van der Waals surface area (Å²) in [5.41, 5.74) is 0. The summed E-state index contributed by atoms with van der Waals surface area (Å²) in [6.45, 7) is 6.04. The van der Waals surface area contributed by atoms with Gasteiger partial charge in [0.05, 0.1) is 25.9 Å². The van der Waals surface area contributed by atoms with Crippen molar-refractivity contribution < 1.29 is 19.1 Å². The Kier molecular flexibility index (Phi) is 8.96. The van der Waals surface area contributed by atoms with Crippen LogP contribution in [-0.4, -0.2) is 75.9 Å². The third-order valence-electron chi connectivity index (χ3n) is 3.21. The topological polar surface area (TPSA) is 79.9 Å². The minimum absolute atomic E-state index is 0.0102. The first-order valence-corrected chi connectivity index (χ1v) is 7.56. The molecule has 1 fully saturated rings. The highest BCUT2D eigenvalue weighted by atomic mass is 16.5. The van der Waals surface area contributed by atoms with Gasteiger partial charge in [-0.05, 0) is 20.4 Å². The molecule has 0 radical (unpaired) electrons. The molecule has 1 heterocycles. The predicted molar refractivity (Wildman–Crippen MR) is 79.0 cm³/mol. The lowest BCUT2D eigenvalue weighted by molar-refractivity contribution is -0.143. The molecule has 1 unspecified atom stereocenters. The number of amides is 1. The van der Waals surface area contributed by atoms with Crippen molar-refractivity contribution in [2.24, 2.45) is 0 Å². The lowest BCUT2D eigenvalue weighted by Crippen LogP contribution is -2.49. The highest BCUT2D eigenvalue weighted by molar-refractivity contribution is 5.78. The van der Waals surface area contributed by atoms with E-state index >= 15 is 0 Å². The number of rotatable bonds is 9. The summed E-state index contributed by atoms with van der Waals surface area (Å²) in [6.07, 6.45) is 1.09. The monoisotopic (exact) mass is 301 g/mol. The van der Waals surface area contributed by atoms with Gasteiger partial charge in [-0.3, -0.25) is 14.5 Å². The average Bonchev–Trinajstić information content (AvgIpc) is 2.45. The first-order chi connectivity index (χ1) is 10.2. The van der Waals surface area contributed by atoms with Gasteiger partial charge in [0.2, 0.25) is 5.91 Å². The van der Waals surface area contributed by atoms with Crippen molar-refractivity contribution in [3.8, 4) is 0 Å². The average molecular weight is 301 g/mol. The maximum atomic E-state index is 11.8. The van der Waals surface area contributed by atoms with Gasteiger partial charge >= 0.3 is 5.97 Å². The maximum Gasteiger partial charge on any atom is 0.305 e. The van der Waals surface area contributed by atoms with E-state index in [1.165, 1.54) is 0 Å². The maximum absolute atomic E-state index is 11.8. The Bertz CT molecular complexity index is 323. The molecule has 1 atom stereocenters. The Morgan fingerprint density at radius 3 is 2.95 bits per heavy atom. The van der Waals surface area contributed by atoms with E-state index in [0.29, 0.717) is 39.1 Å². The summed E-state index contributed by atoms with van der Waals surface area (Å²) in [4.78, 5) is 25.0. The summed E-state index contributed by atoms with van der Waals surface area (Å²) < 4.78 is 10.4. The van der Waals surface area contributed by atoms with Crippen molar-refractivity contribution in [1.82, 2.24) is 15.5 Å². The number of morpholine rings is 1. The van der Waals surface area contributed by atoms with Gasteiger partial charge in [0.25, 0.3) is 0 Å². The third-order valence-corrected chi connectivity index (χ3v) is 3.21. The van der Waals surface area contributed by atoms with Gasteiger partial charge in [-0.1, -0.05) is 0 Å². The number of hydrogen-bond acceptors (Lipinski definition) is 6. The quantitative estimate of drug-likeness (QED) is 0.436. The molecule has 1 rings (SSSR count). The van der Waals surface area contributed by atoms with E-state index in [2.05, 4.69) is 15.5 Å². The minimum Gasteiger partial charge on any atom is -0.466 e. The van der Waals surface area contributed by atoms with Crippen LogP contribution < -0.4 is 10.6 Å². The first kappa shape index (κ1) is 17.9. The molecule has 21 heavy (non-hydrogen) atoms. The normalized spacial score (nSPS) is 19.2. The van der Waals surface area contributed by atoms with Crippen LogP contribution in [0.2, 0.25) is 0 Å². The van der Waals surface area contributed by atoms with Crippen molar-refractivity contribution in [2.75, 3.05) is 53.0 Å². The molecule has 0 aromatic heterocycles. The zero-order valence-corrected chi connectivity index (χ0v) is 13.0. The molecule has 1 amide bonds. The summed E-state index contributed by atoms with van der Waals surface area (Å²) in [5.74, 6) is -0.223. The van der Waals surface area contributed by atoms with Crippen LogP contribution >= 0.6 is 0 Å². The minimum atomic E-state index is -0.213. The Morgan fingerprint density at radius 2 is 2.24 bits per heavy atom. The molecule has 122 valence electrons. The van der Waals surface area contributed by atoms with Crippen LogP contribution in [0.1, 0.15) is 19.8 Å². The molecule has 2 N–H and O–H groups in total. The van der Waals surface area contributed by atoms with E-state index in [1.807, 2.05) is 7.05 Å². The Labute approximate surface area is 126 Å². The van der Waals surface area contributed by atoms with Crippen LogP contribution in [0.25, 0.3) is 0 Å². The summed E-state index contributed by atoms with van der Waals surface area (Å²) in [7, 11) is 1.89. The fraction of sp³-hybridized carbons (Fsp3) is 0.857. The number of likely N-dealkylation sites (N-methyl/N-ethyl adjacent to an activating group) is 1. The molecular weight excluding hydrogens is 274 g/mol. The molecule has 0 spiro atoms. The molecule has 7 heteroatoms. The molecule has 1 aliphatic rings. The Balaban J connectivity index is 2.11.